The molecule has 9 nitrogen and oxygen atoms in total. The molecule has 4 aromatic rings. The first kappa shape index (κ1) is 22.5. The van der Waals surface area contributed by atoms with Crippen LogP contribution in [0.5, 0.6) is 0 Å². The number of rotatable bonds is 6. The lowest BCUT2D eigenvalue weighted by atomic mass is 10.2. The van der Waals surface area contributed by atoms with E-state index in [4.69, 9.17) is 23.2 Å². The first-order chi connectivity index (χ1) is 16.5. The predicted octanol–water partition coefficient (Wildman–Crippen LogP) is 3.31. The zero-order valence-corrected chi connectivity index (χ0v) is 19.8. The van der Waals surface area contributed by atoms with Crippen LogP contribution in [-0.4, -0.2) is 71.9 Å². The molecule has 3 heterocycles. The summed E-state index contributed by atoms with van der Waals surface area (Å²) in [5.74, 6) is 0.465. The maximum Gasteiger partial charge on any atom is 0.274 e. The molecule has 0 atom stereocenters. The molecule has 11 heteroatoms. The van der Waals surface area contributed by atoms with Crippen molar-refractivity contribution in [3.8, 4) is 11.4 Å². The molecular formula is C23H22Cl2N8O. The van der Waals surface area contributed by atoms with Crippen molar-refractivity contribution < 1.29 is 4.79 Å². The summed E-state index contributed by atoms with van der Waals surface area (Å²) in [4.78, 5) is 18.5. The average Bonchev–Trinajstić information content (AvgIpc) is 3.52. The summed E-state index contributed by atoms with van der Waals surface area (Å²) in [7, 11) is 0. The van der Waals surface area contributed by atoms with Crippen LogP contribution in [0.25, 0.3) is 11.4 Å². The summed E-state index contributed by atoms with van der Waals surface area (Å²) in [5.41, 5.74) is 2.40. The van der Waals surface area contributed by atoms with Gasteiger partial charge in [-0.2, -0.15) is 5.10 Å². The Labute approximate surface area is 206 Å². The van der Waals surface area contributed by atoms with Gasteiger partial charge in [-0.25, -0.2) is 4.68 Å². The van der Waals surface area contributed by atoms with E-state index in [1.807, 2.05) is 53.4 Å². The first-order valence-electron chi connectivity index (χ1n) is 10.9. The van der Waals surface area contributed by atoms with Crippen LogP contribution in [0.1, 0.15) is 16.1 Å². The molecule has 2 aromatic heterocycles. The van der Waals surface area contributed by atoms with E-state index in [0.717, 1.165) is 30.8 Å². The lowest BCUT2D eigenvalue weighted by Crippen LogP contribution is -2.48. The van der Waals surface area contributed by atoms with E-state index in [1.54, 1.807) is 16.9 Å². The van der Waals surface area contributed by atoms with Gasteiger partial charge in [-0.3, -0.25) is 9.69 Å². The maximum atomic E-state index is 13.0. The van der Waals surface area contributed by atoms with Crippen LogP contribution in [0.2, 0.25) is 10.0 Å². The number of nitrogens with zero attached hydrogens (tertiary/aromatic N) is 8. The Hall–Kier alpha value is -3.27. The molecule has 0 aliphatic carbocycles. The van der Waals surface area contributed by atoms with Gasteiger partial charge >= 0.3 is 0 Å². The van der Waals surface area contributed by atoms with Crippen LogP contribution in [0.3, 0.4) is 0 Å². The van der Waals surface area contributed by atoms with E-state index in [9.17, 15) is 4.79 Å². The van der Waals surface area contributed by atoms with Crippen molar-refractivity contribution in [1.29, 1.82) is 0 Å². The van der Waals surface area contributed by atoms with E-state index in [-0.39, 0.29) is 12.6 Å². The van der Waals surface area contributed by atoms with Gasteiger partial charge in [0.25, 0.3) is 5.91 Å². The Morgan fingerprint density at radius 1 is 0.912 bits per heavy atom. The summed E-state index contributed by atoms with van der Waals surface area (Å²) < 4.78 is 1.63. The number of aromatic nitrogens is 6. The summed E-state index contributed by atoms with van der Waals surface area (Å²) in [6.07, 6.45) is 1.75. The van der Waals surface area contributed by atoms with Crippen LogP contribution < -0.4 is 0 Å². The van der Waals surface area contributed by atoms with E-state index in [0.29, 0.717) is 34.7 Å². The van der Waals surface area contributed by atoms with Gasteiger partial charge in [0.1, 0.15) is 5.69 Å². The molecule has 5 rings (SSSR count). The zero-order valence-electron chi connectivity index (χ0n) is 18.3. The highest BCUT2D eigenvalue weighted by atomic mass is 35.5. The zero-order chi connectivity index (χ0) is 23.5. The maximum absolute atomic E-state index is 13.0. The second kappa shape index (κ2) is 9.92. The predicted molar refractivity (Wildman–Crippen MR) is 129 cm³/mol. The van der Waals surface area contributed by atoms with Crippen LogP contribution in [0.15, 0.2) is 60.8 Å². The first-order valence-corrected chi connectivity index (χ1v) is 11.6. The third-order valence-corrected chi connectivity index (χ3v) is 6.40. The molecule has 1 aliphatic heterocycles. The minimum Gasteiger partial charge on any atom is -0.335 e. The normalized spacial score (nSPS) is 14.5. The van der Waals surface area contributed by atoms with Gasteiger partial charge in [0.05, 0.1) is 10.0 Å². The van der Waals surface area contributed by atoms with Crippen molar-refractivity contribution >= 4 is 29.1 Å². The SMILES string of the molecule is O=C(c1ccn(Cn2nnc(-c3ccccc3)n2)n1)N1CCN(Cc2ccc(Cl)c(Cl)c2)CC1. The third-order valence-electron chi connectivity index (χ3n) is 5.67. The number of halogens is 2. The van der Waals surface area contributed by atoms with E-state index < -0.39 is 0 Å². The van der Waals surface area contributed by atoms with Crippen molar-refractivity contribution in [2.75, 3.05) is 26.2 Å². The molecule has 1 amide bonds. The number of benzene rings is 2. The summed E-state index contributed by atoms with van der Waals surface area (Å²) in [5, 5.41) is 18.1. The Kier molecular flexibility index (Phi) is 6.57. The molecule has 0 saturated carbocycles. The average molecular weight is 497 g/mol. The van der Waals surface area contributed by atoms with Crippen molar-refractivity contribution in [2.45, 2.75) is 13.2 Å². The molecule has 0 radical (unpaired) electrons. The van der Waals surface area contributed by atoms with E-state index in [2.05, 4.69) is 25.4 Å². The summed E-state index contributed by atoms with van der Waals surface area (Å²) >= 11 is 12.1. The highest BCUT2D eigenvalue weighted by Crippen LogP contribution is 2.23. The van der Waals surface area contributed by atoms with Crippen LogP contribution in [-0.2, 0) is 13.2 Å². The second-order valence-corrected chi connectivity index (χ2v) is 8.86. The Bertz CT molecular complexity index is 1280. The minimum absolute atomic E-state index is 0.0792. The smallest absolute Gasteiger partial charge is 0.274 e. The fourth-order valence-electron chi connectivity index (χ4n) is 3.86. The summed E-state index contributed by atoms with van der Waals surface area (Å²) in [6, 6.07) is 17.0. The topological polar surface area (TPSA) is 85.0 Å². The number of hydrogen-bond acceptors (Lipinski definition) is 6. The Balaban J connectivity index is 1.15. The largest absolute Gasteiger partial charge is 0.335 e. The van der Waals surface area contributed by atoms with Crippen molar-refractivity contribution in [1.82, 2.24) is 39.8 Å². The van der Waals surface area contributed by atoms with Crippen LogP contribution in [0.4, 0.5) is 0 Å². The molecule has 0 bridgehead atoms. The highest BCUT2D eigenvalue weighted by Gasteiger charge is 2.24. The highest BCUT2D eigenvalue weighted by molar-refractivity contribution is 6.42. The van der Waals surface area contributed by atoms with Gasteiger partial charge in [0.15, 0.2) is 6.67 Å². The van der Waals surface area contributed by atoms with E-state index >= 15 is 0 Å². The number of carbonyl (C=O) groups is 1. The number of amides is 1. The second-order valence-electron chi connectivity index (χ2n) is 8.05. The molecule has 0 N–H and O–H groups in total. The fourth-order valence-corrected chi connectivity index (χ4v) is 4.18. The Morgan fingerprint density at radius 3 is 2.47 bits per heavy atom. The number of carbonyl (C=O) groups excluding carboxylic acids is 1. The minimum atomic E-state index is -0.0792. The van der Waals surface area contributed by atoms with Crippen molar-refractivity contribution in [3.63, 3.8) is 0 Å². The summed E-state index contributed by atoms with van der Waals surface area (Å²) in [6.45, 7) is 3.86. The number of piperazine rings is 1. The van der Waals surface area contributed by atoms with Gasteiger partial charge in [0, 0.05) is 44.5 Å². The quantitative estimate of drug-likeness (QED) is 0.407. The molecule has 1 saturated heterocycles. The van der Waals surface area contributed by atoms with Crippen molar-refractivity contribution in [3.05, 3.63) is 82.1 Å². The lowest BCUT2D eigenvalue weighted by Gasteiger charge is -2.34. The van der Waals surface area contributed by atoms with Crippen LogP contribution >= 0.6 is 23.2 Å². The number of hydrogen-bond donors (Lipinski definition) is 0. The monoisotopic (exact) mass is 496 g/mol. The number of tetrazole rings is 1. The van der Waals surface area contributed by atoms with Gasteiger partial charge in [-0.15, -0.1) is 15.0 Å². The Morgan fingerprint density at radius 2 is 1.71 bits per heavy atom. The lowest BCUT2D eigenvalue weighted by molar-refractivity contribution is 0.0621. The van der Waals surface area contributed by atoms with Gasteiger partial charge < -0.3 is 4.90 Å². The van der Waals surface area contributed by atoms with Gasteiger partial charge in [-0.05, 0) is 29.0 Å². The van der Waals surface area contributed by atoms with Gasteiger partial charge in [-0.1, -0.05) is 59.6 Å². The van der Waals surface area contributed by atoms with Crippen LogP contribution in [0, 0.1) is 0 Å². The van der Waals surface area contributed by atoms with E-state index in [1.165, 1.54) is 4.80 Å². The van der Waals surface area contributed by atoms with Crippen molar-refractivity contribution in [2.24, 2.45) is 0 Å². The molecule has 1 aliphatic rings. The fraction of sp³-hybridized carbons (Fsp3) is 0.261. The molecule has 34 heavy (non-hydrogen) atoms. The molecule has 0 unspecified atom stereocenters. The molecule has 0 spiro atoms. The standard InChI is InChI=1S/C23H22Cl2N8O/c24-19-7-6-17(14-20(19)25)15-30-10-12-31(13-11-30)23(34)21-8-9-32(27-21)16-33-28-22(26-29-33)18-4-2-1-3-5-18/h1-9,14H,10-13,15-16H2. The molecular weight excluding hydrogens is 475 g/mol. The molecule has 1 fully saturated rings. The third kappa shape index (κ3) is 5.11. The molecule has 174 valence electrons. The molecule has 2 aromatic carbocycles. The van der Waals surface area contributed by atoms with Gasteiger partial charge in [0.2, 0.25) is 5.82 Å².